The van der Waals surface area contributed by atoms with Crippen LogP contribution in [0.4, 0.5) is 0 Å². The van der Waals surface area contributed by atoms with Crippen molar-refractivity contribution in [2.45, 2.75) is 12.8 Å². The minimum absolute atomic E-state index is 0.0868. The zero-order valence-electron chi connectivity index (χ0n) is 7.79. The van der Waals surface area contributed by atoms with Gasteiger partial charge in [-0.1, -0.05) is 0 Å². The van der Waals surface area contributed by atoms with E-state index in [1.165, 1.54) is 6.42 Å². The molecule has 1 aliphatic heterocycles. The van der Waals surface area contributed by atoms with Crippen LogP contribution in [-0.4, -0.2) is 44.9 Å². The third-order valence-corrected chi connectivity index (χ3v) is 2.45. The van der Waals surface area contributed by atoms with E-state index in [4.69, 9.17) is 4.74 Å². The van der Waals surface area contributed by atoms with E-state index in [0.717, 1.165) is 32.7 Å². The molecule has 1 atom stereocenters. The molecule has 0 aliphatic carbocycles. The van der Waals surface area contributed by atoms with Crippen molar-refractivity contribution in [3.8, 4) is 0 Å². The number of hydrogen-bond acceptors (Lipinski definition) is 2. The average Bonchev–Trinajstić information content (AvgIpc) is 2.15. The van der Waals surface area contributed by atoms with Crippen LogP contribution in [-0.2, 0) is 9.84 Å². The van der Waals surface area contributed by atoms with Gasteiger partial charge < -0.3 is 9.64 Å². The lowest BCUT2D eigenvalue weighted by Gasteiger charge is -2.30. The van der Waals surface area contributed by atoms with Crippen molar-refractivity contribution >= 4 is 0 Å². The Morgan fingerprint density at radius 1 is 1.58 bits per heavy atom. The van der Waals surface area contributed by atoms with Crippen molar-refractivity contribution in [2.75, 3.05) is 40.0 Å². The minimum atomic E-state index is 0.0868. The van der Waals surface area contributed by atoms with E-state index in [1.807, 2.05) is 0 Å². The molecule has 1 rings (SSSR count). The molecule has 12 heavy (non-hydrogen) atoms. The van der Waals surface area contributed by atoms with Gasteiger partial charge in [-0.15, -0.1) is 0 Å². The van der Waals surface area contributed by atoms with E-state index in [2.05, 4.69) is 4.90 Å². The Bertz CT molecular complexity index is 119. The van der Waals surface area contributed by atoms with Crippen molar-refractivity contribution in [1.29, 1.82) is 0 Å². The van der Waals surface area contributed by atoms with Gasteiger partial charge in [0.25, 0.3) is 0 Å². The van der Waals surface area contributed by atoms with E-state index in [0.29, 0.717) is 5.92 Å². The Morgan fingerprint density at radius 2 is 2.42 bits per heavy atom. The van der Waals surface area contributed by atoms with Crippen molar-refractivity contribution in [3.05, 3.63) is 0 Å². The fourth-order valence-corrected chi connectivity index (χ4v) is 1.71. The summed E-state index contributed by atoms with van der Waals surface area (Å²) in [7, 11) is 1.72. The lowest BCUT2D eigenvalue weighted by Crippen LogP contribution is -2.38. The van der Waals surface area contributed by atoms with Crippen molar-refractivity contribution in [1.82, 2.24) is 4.90 Å². The van der Waals surface area contributed by atoms with Gasteiger partial charge in [0, 0.05) is 20.2 Å². The number of ether oxygens (including phenoxy) is 1. The largest absolute Gasteiger partial charge is 0.383 e. The van der Waals surface area contributed by atoms with Gasteiger partial charge in [0.05, 0.1) is 13.2 Å². The SMILES string of the molecule is COCCN1CCCC(C[O])C1. The first kappa shape index (κ1) is 9.96. The van der Waals surface area contributed by atoms with Crippen LogP contribution in [0.25, 0.3) is 0 Å². The van der Waals surface area contributed by atoms with Crippen LogP contribution >= 0.6 is 0 Å². The number of hydrogen-bond donors (Lipinski definition) is 0. The highest BCUT2D eigenvalue weighted by Gasteiger charge is 2.18. The highest BCUT2D eigenvalue weighted by molar-refractivity contribution is 4.71. The van der Waals surface area contributed by atoms with E-state index in [9.17, 15) is 5.11 Å². The number of nitrogens with zero attached hydrogens (tertiary/aromatic N) is 1. The second kappa shape index (κ2) is 5.51. The van der Waals surface area contributed by atoms with Gasteiger partial charge in [-0.05, 0) is 25.3 Å². The fraction of sp³-hybridized carbons (Fsp3) is 1.00. The van der Waals surface area contributed by atoms with Gasteiger partial charge in [0.1, 0.15) is 0 Å². The number of likely N-dealkylation sites (tertiary alicyclic amines) is 1. The van der Waals surface area contributed by atoms with E-state index >= 15 is 0 Å². The molecule has 1 radical (unpaired) electrons. The highest BCUT2D eigenvalue weighted by atomic mass is 16.5. The molecule has 71 valence electrons. The average molecular weight is 172 g/mol. The molecule has 0 bridgehead atoms. The van der Waals surface area contributed by atoms with Gasteiger partial charge in [0.2, 0.25) is 0 Å². The van der Waals surface area contributed by atoms with Gasteiger partial charge >= 0.3 is 0 Å². The molecule has 1 heterocycles. The van der Waals surface area contributed by atoms with Crippen LogP contribution in [0.15, 0.2) is 0 Å². The Kier molecular flexibility index (Phi) is 4.58. The van der Waals surface area contributed by atoms with Crippen LogP contribution in [0.5, 0.6) is 0 Å². The van der Waals surface area contributed by atoms with E-state index in [-0.39, 0.29) is 6.61 Å². The van der Waals surface area contributed by atoms with Crippen molar-refractivity contribution in [2.24, 2.45) is 5.92 Å². The molecule has 0 spiro atoms. The molecule has 0 amide bonds. The molecule has 0 saturated carbocycles. The molecule has 1 unspecified atom stereocenters. The molecular formula is C9H18NO2. The lowest BCUT2D eigenvalue weighted by molar-refractivity contribution is 0.0672. The Balaban J connectivity index is 2.16. The quantitative estimate of drug-likeness (QED) is 0.627. The monoisotopic (exact) mass is 172 g/mol. The van der Waals surface area contributed by atoms with Gasteiger partial charge in [0.15, 0.2) is 0 Å². The zero-order valence-corrected chi connectivity index (χ0v) is 7.79. The van der Waals surface area contributed by atoms with Crippen LogP contribution < -0.4 is 0 Å². The molecular weight excluding hydrogens is 154 g/mol. The van der Waals surface area contributed by atoms with Crippen molar-refractivity contribution in [3.63, 3.8) is 0 Å². The highest BCUT2D eigenvalue weighted by Crippen LogP contribution is 2.15. The molecule has 1 fully saturated rings. The smallest absolute Gasteiger partial charge is 0.0862 e. The maximum Gasteiger partial charge on any atom is 0.0862 e. The standard InChI is InChI=1S/C9H18NO2/c1-12-6-5-10-4-2-3-9(7-10)8-11/h9H,2-8H2,1H3. The third-order valence-electron chi connectivity index (χ3n) is 2.45. The second-order valence-corrected chi connectivity index (χ2v) is 3.47. The Morgan fingerprint density at radius 3 is 3.08 bits per heavy atom. The zero-order chi connectivity index (χ0) is 8.81. The van der Waals surface area contributed by atoms with Gasteiger partial charge in [-0.25, -0.2) is 5.11 Å². The summed E-state index contributed by atoms with van der Waals surface area (Å²) >= 11 is 0. The molecule has 0 aromatic heterocycles. The number of piperidine rings is 1. The summed E-state index contributed by atoms with van der Waals surface area (Å²) in [5.41, 5.74) is 0. The topological polar surface area (TPSA) is 32.4 Å². The summed E-state index contributed by atoms with van der Waals surface area (Å²) in [6.45, 7) is 3.97. The molecule has 3 heteroatoms. The molecule has 0 N–H and O–H groups in total. The summed E-state index contributed by atoms with van der Waals surface area (Å²) in [6, 6.07) is 0. The Labute approximate surface area is 74.3 Å². The van der Waals surface area contributed by atoms with E-state index in [1.54, 1.807) is 7.11 Å². The summed E-state index contributed by atoms with van der Waals surface area (Å²) in [5.74, 6) is 0.385. The number of rotatable bonds is 4. The molecule has 1 aliphatic rings. The lowest BCUT2D eigenvalue weighted by atomic mass is 9.99. The predicted octanol–water partition coefficient (Wildman–Crippen LogP) is 0.775. The summed E-state index contributed by atoms with van der Waals surface area (Å²) < 4.78 is 4.99. The first-order valence-corrected chi connectivity index (χ1v) is 4.66. The maximum absolute atomic E-state index is 10.6. The first-order chi connectivity index (χ1) is 5.86. The minimum Gasteiger partial charge on any atom is -0.383 e. The summed E-state index contributed by atoms with van der Waals surface area (Å²) in [5, 5.41) is 10.6. The normalized spacial score (nSPS) is 26.0. The molecule has 1 saturated heterocycles. The van der Waals surface area contributed by atoms with Crippen LogP contribution in [0.3, 0.4) is 0 Å². The third kappa shape index (κ3) is 3.09. The fourth-order valence-electron chi connectivity index (χ4n) is 1.71. The van der Waals surface area contributed by atoms with Crippen LogP contribution in [0.1, 0.15) is 12.8 Å². The van der Waals surface area contributed by atoms with Gasteiger partial charge in [-0.3, -0.25) is 0 Å². The van der Waals surface area contributed by atoms with Crippen LogP contribution in [0, 0.1) is 5.92 Å². The molecule has 3 nitrogen and oxygen atoms in total. The van der Waals surface area contributed by atoms with Gasteiger partial charge in [-0.2, -0.15) is 0 Å². The molecule has 0 aromatic rings. The Hall–Kier alpha value is -0.120. The maximum atomic E-state index is 10.6. The summed E-state index contributed by atoms with van der Waals surface area (Å²) in [6.07, 6.45) is 2.30. The number of methoxy groups -OCH3 is 1. The van der Waals surface area contributed by atoms with E-state index < -0.39 is 0 Å². The summed E-state index contributed by atoms with van der Waals surface area (Å²) in [4.78, 5) is 2.33. The van der Waals surface area contributed by atoms with Crippen LogP contribution in [0.2, 0.25) is 0 Å². The second-order valence-electron chi connectivity index (χ2n) is 3.47. The predicted molar refractivity (Wildman–Crippen MR) is 46.6 cm³/mol. The molecule has 0 aromatic carbocycles. The van der Waals surface area contributed by atoms with Crippen molar-refractivity contribution < 1.29 is 9.84 Å². The first-order valence-electron chi connectivity index (χ1n) is 4.66.